The third-order valence-electron chi connectivity index (χ3n) is 2.92. The molecule has 0 saturated heterocycles. The van der Waals surface area contributed by atoms with Gasteiger partial charge in [-0.1, -0.05) is 23.3 Å². The molecule has 1 aromatic rings. The van der Waals surface area contributed by atoms with Gasteiger partial charge >= 0.3 is 0 Å². The standard InChI is InChI=1S/C13H17ClN2/c14-12-10-15-8-7-13(12)16-9-6-11-4-2-1-3-5-11/h4,7-8,10H,1-3,5-6,9H2,(H,15,16). The Kier molecular flexibility index (Phi) is 4.23. The van der Waals surface area contributed by atoms with Crippen LogP contribution in [0.3, 0.4) is 0 Å². The zero-order valence-electron chi connectivity index (χ0n) is 9.38. The van der Waals surface area contributed by atoms with E-state index in [1.54, 1.807) is 18.0 Å². The third kappa shape index (κ3) is 3.24. The normalized spacial score (nSPS) is 15.7. The summed E-state index contributed by atoms with van der Waals surface area (Å²) in [5.74, 6) is 0. The van der Waals surface area contributed by atoms with Gasteiger partial charge in [-0.15, -0.1) is 0 Å². The summed E-state index contributed by atoms with van der Waals surface area (Å²) in [7, 11) is 0. The van der Waals surface area contributed by atoms with Crippen molar-refractivity contribution in [2.75, 3.05) is 11.9 Å². The van der Waals surface area contributed by atoms with E-state index in [1.807, 2.05) is 6.07 Å². The van der Waals surface area contributed by atoms with Gasteiger partial charge in [0.25, 0.3) is 0 Å². The van der Waals surface area contributed by atoms with Gasteiger partial charge in [0.1, 0.15) is 0 Å². The molecule has 0 bridgehead atoms. The molecule has 1 aliphatic rings. The van der Waals surface area contributed by atoms with Gasteiger partial charge < -0.3 is 5.32 Å². The number of halogens is 1. The maximum absolute atomic E-state index is 6.01. The van der Waals surface area contributed by atoms with Gasteiger partial charge in [0.05, 0.1) is 10.7 Å². The first-order valence-electron chi connectivity index (χ1n) is 5.87. The van der Waals surface area contributed by atoms with Crippen molar-refractivity contribution in [2.45, 2.75) is 32.1 Å². The maximum Gasteiger partial charge on any atom is 0.0820 e. The van der Waals surface area contributed by atoms with Crippen molar-refractivity contribution < 1.29 is 0 Å². The number of rotatable bonds is 4. The molecule has 2 rings (SSSR count). The summed E-state index contributed by atoms with van der Waals surface area (Å²) in [5.41, 5.74) is 2.57. The highest BCUT2D eigenvalue weighted by Gasteiger charge is 2.03. The lowest BCUT2D eigenvalue weighted by molar-refractivity contribution is 0.679. The molecule has 0 amide bonds. The number of hydrogen-bond acceptors (Lipinski definition) is 2. The summed E-state index contributed by atoms with van der Waals surface area (Å²) in [6.07, 6.45) is 12.2. The summed E-state index contributed by atoms with van der Waals surface area (Å²) in [6.45, 7) is 0.954. The van der Waals surface area contributed by atoms with Crippen LogP contribution >= 0.6 is 11.6 Å². The topological polar surface area (TPSA) is 24.9 Å². The Labute approximate surface area is 102 Å². The monoisotopic (exact) mass is 236 g/mol. The number of anilines is 1. The van der Waals surface area contributed by atoms with E-state index in [-0.39, 0.29) is 0 Å². The fourth-order valence-corrected chi connectivity index (χ4v) is 2.19. The molecule has 0 unspecified atom stereocenters. The second-order valence-corrected chi connectivity index (χ2v) is 4.55. The minimum Gasteiger partial charge on any atom is -0.383 e. The number of aromatic nitrogens is 1. The minimum absolute atomic E-state index is 0.695. The number of nitrogens with zero attached hydrogens (tertiary/aromatic N) is 1. The van der Waals surface area contributed by atoms with Crippen LogP contribution in [0, 0.1) is 0 Å². The molecule has 0 aromatic carbocycles. The molecule has 2 nitrogen and oxygen atoms in total. The highest BCUT2D eigenvalue weighted by Crippen LogP contribution is 2.22. The average Bonchev–Trinajstić information content (AvgIpc) is 2.33. The van der Waals surface area contributed by atoms with E-state index in [9.17, 15) is 0 Å². The molecule has 1 aliphatic carbocycles. The van der Waals surface area contributed by atoms with Crippen molar-refractivity contribution in [3.8, 4) is 0 Å². The fraction of sp³-hybridized carbons (Fsp3) is 0.462. The SMILES string of the molecule is Clc1cnccc1NCCC1=CCCCC1. The summed E-state index contributed by atoms with van der Waals surface area (Å²) in [5, 5.41) is 4.04. The Morgan fingerprint density at radius 2 is 2.31 bits per heavy atom. The first-order chi connectivity index (χ1) is 7.86. The Morgan fingerprint density at radius 1 is 1.38 bits per heavy atom. The van der Waals surface area contributed by atoms with Gasteiger partial charge in [-0.2, -0.15) is 0 Å². The van der Waals surface area contributed by atoms with Crippen molar-refractivity contribution in [3.63, 3.8) is 0 Å². The largest absolute Gasteiger partial charge is 0.383 e. The highest BCUT2D eigenvalue weighted by molar-refractivity contribution is 6.33. The molecule has 1 N–H and O–H groups in total. The van der Waals surface area contributed by atoms with Gasteiger partial charge in [-0.3, -0.25) is 4.98 Å². The van der Waals surface area contributed by atoms with Crippen LogP contribution in [-0.4, -0.2) is 11.5 Å². The quantitative estimate of drug-likeness (QED) is 0.799. The number of allylic oxidation sites excluding steroid dienone is 1. The molecular formula is C13H17ClN2. The molecular weight excluding hydrogens is 220 g/mol. The van der Waals surface area contributed by atoms with Crippen molar-refractivity contribution in [2.24, 2.45) is 0 Å². The van der Waals surface area contributed by atoms with Crippen LogP contribution in [0.15, 0.2) is 30.1 Å². The van der Waals surface area contributed by atoms with Crippen LogP contribution < -0.4 is 5.32 Å². The van der Waals surface area contributed by atoms with Gasteiger partial charge in [0.15, 0.2) is 0 Å². The molecule has 0 fully saturated rings. The van der Waals surface area contributed by atoms with E-state index >= 15 is 0 Å². The Hall–Kier alpha value is -1.02. The zero-order valence-corrected chi connectivity index (χ0v) is 10.1. The first-order valence-corrected chi connectivity index (χ1v) is 6.25. The second kappa shape index (κ2) is 5.90. The third-order valence-corrected chi connectivity index (χ3v) is 3.22. The van der Waals surface area contributed by atoms with Crippen molar-refractivity contribution in [3.05, 3.63) is 35.1 Å². The Balaban J connectivity index is 1.80. The van der Waals surface area contributed by atoms with Crippen LogP contribution in [0.4, 0.5) is 5.69 Å². The summed E-state index contributed by atoms with van der Waals surface area (Å²) in [6, 6.07) is 1.91. The molecule has 1 aromatic heterocycles. The van der Waals surface area contributed by atoms with Crippen LogP contribution in [0.25, 0.3) is 0 Å². The zero-order chi connectivity index (χ0) is 11.2. The smallest absolute Gasteiger partial charge is 0.0820 e. The van der Waals surface area contributed by atoms with Crippen molar-refractivity contribution >= 4 is 17.3 Å². The molecule has 3 heteroatoms. The van der Waals surface area contributed by atoms with E-state index in [1.165, 1.54) is 25.7 Å². The highest BCUT2D eigenvalue weighted by atomic mass is 35.5. The molecule has 16 heavy (non-hydrogen) atoms. The Morgan fingerprint density at radius 3 is 3.06 bits per heavy atom. The van der Waals surface area contributed by atoms with Gasteiger partial charge in [0.2, 0.25) is 0 Å². The van der Waals surface area contributed by atoms with Gasteiger partial charge in [-0.05, 0) is 38.2 Å². The Bertz CT molecular complexity index is 374. The lowest BCUT2D eigenvalue weighted by Crippen LogP contribution is -2.04. The molecule has 1 heterocycles. The van der Waals surface area contributed by atoms with Crippen LogP contribution in [-0.2, 0) is 0 Å². The van der Waals surface area contributed by atoms with E-state index in [4.69, 9.17) is 11.6 Å². The first kappa shape index (κ1) is 11.5. The molecule has 86 valence electrons. The lowest BCUT2D eigenvalue weighted by atomic mass is 9.97. The van der Waals surface area contributed by atoms with Crippen LogP contribution in [0.2, 0.25) is 5.02 Å². The summed E-state index contributed by atoms with van der Waals surface area (Å²) < 4.78 is 0. The van der Waals surface area contributed by atoms with E-state index in [0.717, 1.165) is 18.7 Å². The van der Waals surface area contributed by atoms with E-state index in [0.29, 0.717) is 5.02 Å². The van der Waals surface area contributed by atoms with Crippen molar-refractivity contribution in [1.82, 2.24) is 4.98 Å². The molecule has 0 spiro atoms. The fourth-order valence-electron chi connectivity index (χ4n) is 2.01. The summed E-state index contributed by atoms with van der Waals surface area (Å²) in [4.78, 5) is 3.96. The molecule has 0 saturated carbocycles. The predicted molar refractivity (Wildman–Crippen MR) is 68.9 cm³/mol. The maximum atomic E-state index is 6.01. The summed E-state index contributed by atoms with van der Waals surface area (Å²) >= 11 is 6.01. The van der Waals surface area contributed by atoms with Gasteiger partial charge in [-0.25, -0.2) is 0 Å². The van der Waals surface area contributed by atoms with E-state index in [2.05, 4.69) is 16.4 Å². The second-order valence-electron chi connectivity index (χ2n) is 4.14. The lowest BCUT2D eigenvalue weighted by Gasteiger charge is -2.13. The number of hydrogen-bond donors (Lipinski definition) is 1. The molecule has 0 radical (unpaired) electrons. The van der Waals surface area contributed by atoms with Crippen LogP contribution in [0.1, 0.15) is 32.1 Å². The number of pyridine rings is 1. The minimum atomic E-state index is 0.695. The molecule has 0 atom stereocenters. The van der Waals surface area contributed by atoms with Crippen molar-refractivity contribution in [1.29, 1.82) is 0 Å². The predicted octanol–water partition coefficient (Wildman–Crippen LogP) is 4.04. The number of nitrogens with one attached hydrogen (secondary N) is 1. The average molecular weight is 237 g/mol. The van der Waals surface area contributed by atoms with Gasteiger partial charge in [0, 0.05) is 18.9 Å². The molecule has 0 aliphatic heterocycles. The van der Waals surface area contributed by atoms with Crippen LogP contribution in [0.5, 0.6) is 0 Å². The van der Waals surface area contributed by atoms with E-state index < -0.39 is 0 Å².